The Morgan fingerprint density at radius 3 is 2.40 bits per heavy atom. The fraction of sp³-hybridized carbons (Fsp3) is 0.379. The number of amides is 1. The summed E-state index contributed by atoms with van der Waals surface area (Å²) in [5.74, 6) is -3.41. The van der Waals surface area contributed by atoms with Crippen LogP contribution in [0, 0.1) is 17.0 Å². The number of carboxylic acids is 1. The number of nitrogens with zero attached hydrogens (tertiary/aromatic N) is 3. The molecule has 0 fully saturated rings. The Labute approximate surface area is 231 Å². The summed E-state index contributed by atoms with van der Waals surface area (Å²) in [4.78, 5) is 42.5. The number of imidazole rings is 1. The molecule has 0 saturated carbocycles. The summed E-state index contributed by atoms with van der Waals surface area (Å²) in [5.41, 5.74) is 6.06. The molecule has 0 aliphatic heterocycles. The van der Waals surface area contributed by atoms with Crippen molar-refractivity contribution in [1.29, 1.82) is 0 Å². The molecule has 0 spiro atoms. The standard InChI is InChI=1S/C29H34F2N4O5/c1-18(36)40-17-25(37)35(13-12-23(32)28(38)39)26(29(2,3)4)27-33-24(21-14-20(30)10-11-22(21)31)16-34(27)15-19-8-6-5-7-9-19/h5-11,14,16,23,26H,12-13,15,17,32H2,1-4H3,(H,38,39)/t23-,26-/m0/s1. The normalized spacial score (nSPS) is 13.0. The largest absolute Gasteiger partial charge is 0.480 e. The molecule has 1 aromatic heterocycles. The van der Waals surface area contributed by atoms with E-state index >= 15 is 0 Å². The fourth-order valence-electron chi connectivity index (χ4n) is 4.42. The van der Waals surface area contributed by atoms with Crippen molar-refractivity contribution in [3.63, 3.8) is 0 Å². The highest BCUT2D eigenvalue weighted by molar-refractivity contribution is 5.81. The number of esters is 1. The first-order chi connectivity index (χ1) is 18.8. The quantitative estimate of drug-likeness (QED) is 0.340. The maximum absolute atomic E-state index is 14.8. The lowest BCUT2D eigenvalue weighted by molar-refractivity contribution is -0.153. The topological polar surface area (TPSA) is 128 Å². The molecule has 0 aliphatic carbocycles. The van der Waals surface area contributed by atoms with Crippen LogP contribution in [0.1, 0.15) is 51.5 Å². The third kappa shape index (κ3) is 7.72. The van der Waals surface area contributed by atoms with E-state index in [1.807, 2.05) is 51.1 Å². The maximum Gasteiger partial charge on any atom is 0.320 e. The lowest BCUT2D eigenvalue weighted by Crippen LogP contribution is -2.46. The number of rotatable bonds is 11. The Kier molecular flexibility index (Phi) is 9.75. The van der Waals surface area contributed by atoms with Gasteiger partial charge in [0, 0.05) is 31.8 Å². The van der Waals surface area contributed by atoms with Gasteiger partial charge in [-0.15, -0.1) is 0 Å². The molecular weight excluding hydrogens is 522 g/mol. The monoisotopic (exact) mass is 556 g/mol. The highest BCUT2D eigenvalue weighted by Gasteiger charge is 2.39. The molecule has 0 saturated heterocycles. The van der Waals surface area contributed by atoms with Gasteiger partial charge in [-0.2, -0.15) is 0 Å². The van der Waals surface area contributed by atoms with Crippen molar-refractivity contribution >= 4 is 17.8 Å². The summed E-state index contributed by atoms with van der Waals surface area (Å²) < 4.78 is 35.6. The molecule has 11 heteroatoms. The number of benzene rings is 2. The minimum atomic E-state index is -1.24. The molecule has 3 aromatic rings. The van der Waals surface area contributed by atoms with Gasteiger partial charge in [-0.25, -0.2) is 13.8 Å². The molecule has 0 bridgehead atoms. The summed E-state index contributed by atoms with van der Waals surface area (Å²) >= 11 is 0. The second-order valence-electron chi connectivity index (χ2n) is 10.6. The minimum absolute atomic E-state index is 0.0496. The smallest absolute Gasteiger partial charge is 0.320 e. The van der Waals surface area contributed by atoms with Crippen molar-refractivity contribution in [2.24, 2.45) is 11.1 Å². The van der Waals surface area contributed by atoms with E-state index in [1.165, 1.54) is 11.8 Å². The lowest BCUT2D eigenvalue weighted by Gasteiger charge is -2.40. The van der Waals surface area contributed by atoms with Gasteiger partial charge in [0.1, 0.15) is 23.5 Å². The summed E-state index contributed by atoms with van der Waals surface area (Å²) in [5, 5.41) is 9.33. The Morgan fingerprint density at radius 2 is 1.80 bits per heavy atom. The van der Waals surface area contributed by atoms with Crippen LogP contribution in [0.4, 0.5) is 8.78 Å². The second kappa shape index (κ2) is 12.8. The third-order valence-corrected chi connectivity index (χ3v) is 6.30. The predicted octanol–water partition coefficient (Wildman–Crippen LogP) is 4.16. The van der Waals surface area contributed by atoms with Crippen molar-refractivity contribution in [1.82, 2.24) is 14.5 Å². The molecule has 0 aliphatic rings. The molecular formula is C29H34F2N4O5. The molecule has 214 valence electrons. The number of carbonyl (C=O) groups is 3. The van der Waals surface area contributed by atoms with E-state index in [0.717, 1.165) is 23.8 Å². The molecule has 3 rings (SSSR count). The van der Waals surface area contributed by atoms with Crippen LogP contribution in [0.3, 0.4) is 0 Å². The number of halogens is 2. The van der Waals surface area contributed by atoms with Gasteiger partial charge in [0.25, 0.3) is 5.91 Å². The first-order valence-corrected chi connectivity index (χ1v) is 12.8. The zero-order valence-corrected chi connectivity index (χ0v) is 22.9. The average Bonchev–Trinajstić information content (AvgIpc) is 3.28. The zero-order chi connectivity index (χ0) is 29.6. The number of nitrogens with two attached hydrogens (primary N) is 1. The number of carboxylic acid groups (broad SMARTS) is 1. The first kappa shape index (κ1) is 30.4. The van der Waals surface area contributed by atoms with E-state index in [9.17, 15) is 28.3 Å². The molecule has 1 heterocycles. The van der Waals surface area contributed by atoms with Crippen molar-refractivity contribution in [2.75, 3.05) is 13.2 Å². The van der Waals surface area contributed by atoms with Crippen LogP contribution >= 0.6 is 0 Å². The van der Waals surface area contributed by atoms with Crippen LogP contribution in [0.15, 0.2) is 54.7 Å². The van der Waals surface area contributed by atoms with E-state index in [-0.39, 0.29) is 24.2 Å². The van der Waals surface area contributed by atoms with Crippen LogP contribution in [0.25, 0.3) is 11.3 Å². The van der Waals surface area contributed by atoms with Crippen molar-refractivity contribution in [2.45, 2.75) is 52.7 Å². The van der Waals surface area contributed by atoms with E-state index in [2.05, 4.69) is 0 Å². The van der Waals surface area contributed by atoms with Crippen molar-refractivity contribution in [3.8, 4) is 11.3 Å². The Hall–Kier alpha value is -4.12. The molecule has 40 heavy (non-hydrogen) atoms. The SMILES string of the molecule is CC(=O)OCC(=O)N(CC[C@H](N)C(=O)O)[C@@H](c1nc(-c2cc(F)ccc2F)cn1Cc1ccccc1)C(C)(C)C. The summed E-state index contributed by atoms with van der Waals surface area (Å²) in [6.07, 6.45) is 1.51. The maximum atomic E-state index is 14.8. The number of hydrogen-bond acceptors (Lipinski definition) is 6. The average molecular weight is 557 g/mol. The first-order valence-electron chi connectivity index (χ1n) is 12.8. The summed E-state index contributed by atoms with van der Waals surface area (Å²) in [6, 6.07) is 10.4. The lowest BCUT2D eigenvalue weighted by atomic mass is 9.84. The Bertz CT molecular complexity index is 1350. The van der Waals surface area contributed by atoms with E-state index in [1.54, 1.807) is 10.8 Å². The van der Waals surface area contributed by atoms with Gasteiger partial charge < -0.3 is 25.0 Å². The minimum Gasteiger partial charge on any atom is -0.480 e. The number of ether oxygens (including phenoxy) is 1. The molecule has 9 nitrogen and oxygen atoms in total. The van der Waals surface area contributed by atoms with Gasteiger partial charge in [-0.05, 0) is 35.6 Å². The fourth-order valence-corrected chi connectivity index (χ4v) is 4.42. The molecule has 3 N–H and O–H groups in total. The molecule has 0 unspecified atom stereocenters. The molecule has 2 atom stereocenters. The number of aromatic nitrogens is 2. The van der Waals surface area contributed by atoms with Gasteiger partial charge in [0.15, 0.2) is 6.61 Å². The van der Waals surface area contributed by atoms with Gasteiger partial charge >= 0.3 is 11.9 Å². The zero-order valence-electron chi connectivity index (χ0n) is 22.9. The molecule has 2 aromatic carbocycles. The van der Waals surface area contributed by atoms with Gasteiger partial charge in [-0.1, -0.05) is 51.1 Å². The van der Waals surface area contributed by atoms with E-state index < -0.39 is 53.6 Å². The summed E-state index contributed by atoms with van der Waals surface area (Å²) in [7, 11) is 0. The Balaban J connectivity index is 2.19. The molecule has 0 radical (unpaired) electrons. The number of aliphatic carboxylic acids is 1. The number of hydrogen-bond donors (Lipinski definition) is 2. The van der Waals surface area contributed by atoms with Crippen LogP contribution in [-0.2, 0) is 25.7 Å². The van der Waals surface area contributed by atoms with Crippen LogP contribution in [0.5, 0.6) is 0 Å². The van der Waals surface area contributed by atoms with Gasteiger partial charge in [-0.3, -0.25) is 14.4 Å². The van der Waals surface area contributed by atoms with Crippen LogP contribution in [0.2, 0.25) is 0 Å². The predicted molar refractivity (Wildman–Crippen MR) is 144 cm³/mol. The van der Waals surface area contributed by atoms with Gasteiger partial charge in [0.2, 0.25) is 0 Å². The van der Waals surface area contributed by atoms with Crippen LogP contribution < -0.4 is 5.73 Å². The van der Waals surface area contributed by atoms with Crippen molar-refractivity contribution in [3.05, 3.63) is 77.8 Å². The highest BCUT2D eigenvalue weighted by Crippen LogP contribution is 2.39. The second-order valence-corrected chi connectivity index (χ2v) is 10.6. The van der Waals surface area contributed by atoms with E-state index in [0.29, 0.717) is 12.4 Å². The third-order valence-electron chi connectivity index (χ3n) is 6.30. The van der Waals surface area contributed by atoms with E-state index in [4.69, 9.17) is 15.5 Å². The van der Waals surface area contributed by atoms with Gasteiger partial charge in [0.05, 0.1) is 11.7 Å². The highest BCUT2D eigenvalue weighted by atomic mass is 19.1. The van der Waals surface area contributed by atoms with Crippen molar-refractivity contribution < 1.29 is 33.0 Å². The number of carbonyl (C=O) groups excluding carboxylic acids is 2. The molecule has 1 amide bonds. The van der Waals surface area contributed by atoms with Crippen LogP contribution in [-0.4, -0.2) is 56.6 Å². The Morgan fingerprint density at radius 1 is 1.12 bits per heavy atom. The summed E-state index contributed by atoms with van der Waals surface area (Å²) in [6.45, 7) is 6.41.